The highest BCUT2D eigenvalue weighted by atomic mass is 32.2. The minimum atomic E-state index is -0.188. The fourth-order valence-electron chi connectivity index (χ4n) is 2.02. The van der Waals surface area contributed by atoms with Crippen LogP contribution >= 0.6 is 11.8 Å². The highest BCUT2D eigenvalue weighted by molar-refractivity contribution is 7.99. The van der Waals surface area contributed by atoms with E-state index in [0.29, 0.717) is 6.54 Å². The summed E-state index contributed by atoms with van der Waals surface area (Å²) >= 11 is 1.81. The molecule has 0 saturated heterocycles. The largest absolute Gasteiger partial charge is 0.330 e. The predicted octanol–water partition coefficient (Wildman–Crippen LogP) is 4.05. The van der Waals surface area contributed by atoms with Gasteiger partial charge in [-0.3, -0.25) is 0 Å². The zero-order chi connectivity index (χ0) is 13.5. The number of halogens is 1. The van der Waals surface area contributed by atoms with Crippen LogP contribution in [0.2, 0.25) is 0 Å². The lowest BCUT2D eigenvalue weighted by atomic mass is 9.97. The van der Waals surface area contributed by atoms with Crippen molar-refractivity contribution in [3.63, 3.8) is 0 Å². The molecule has 2 aromatic carbocycles. The number of thioether (sulfide) groups is 1. The van der Waals surface area contributed by atoms with Crippen molar-refractivity contribution >= 4 is 11.8 Å². The topological polar surface area (TPSA) is 26.0 Å². The molecule has 100 valence electrons. The Labute approximate surface area is 118 Å². The Morgan fingerprint density at radius 3 is 2.53 bits per heavy atom. The van der Waals surface area contributed by atoms with E-state index in [1.807, 2.05) is 36.0 Å². The molecule has 2 N–H and O–H groups in total. The number of nitrogens with two attached hydrogens (primary N) is 1. The van der Waals surface area contributed by atoms with Crippen molar-refractivity contribution in [1.82, 2.24) is 0 Å². The third-order valence-corrected chi connectivity index (χ3v) is 4.13. The Morgan fingerprint density at radius 2 is 1.84 bits per heavy atom. The Hall–Kier alpha value is -1.32. The third kappa shape index (κ3) is 4.37. The van der Waals surface area contributed by atoms with Gasteiger partial charge in [-0.15, -0.1) is 11.8 Å². The van der Waals surface area contributed by atoms with Crippen LogP contribution in [0.25, 0.3) is 0 Å². The van der Waals surface area contributed by atoms with Gasteiger partial charge in [-0.2, -0.15) is 0 Å². The zero-order valence-corrected chi connectivity index (χ0v) is 11.6. The van der Waals surface area contributed by atoms with Crippen LogP contribution in [0.15, 0.2) is 59.5 Å². The maximum atomic E-state index is 13.2. The number of hydrogen-bond acceptors (Lipinski definition) is 2. The lowest BCUT2D eigenvalue weighted by molar-refractivity contribution is 0.615. The molecule has 0 aliphatic rings. The molecule has 19 heavy (non-hydrogen) atoms. The van der Waals surface area contributed by atoms with Gasteiger partial charge in [-0.1, -0.05) is 30.3 Å². The summed E-state index contributed by atoms with van der Waals surface area (Å²) in [7, 11) is 0. The number of rotatable bonds is 6. The van der Waals surface area contributed by atoms with E-state index in [4.69, 9.17) is 5.73 Å². The van der Waals surface area contributed by atoms with Gasteiger partial charge in [0.05, 0.1) is 0 Å². The molecule has 0 aromatic heterocycles. The zero-order valence-electron chi connectivity index (χ0n) is 10.8. The van der Waals surface area contributed by atoms with Gasteiger partial charge in [0.15, 0.2) is 0 Å². The van der Waals surface area contributed by atoms with Crippen LogP contribution in [0.1, 0.15) is 17.9 Å². The van der Waals surface area contributed by atoms with E-state index in [2.05, 4.69) is 12.1 Å². The first-order valence-electron chi connectivity index (χ1n) is 6.43. The molecule has 2 rings (SSSR count). The van der Waals surface area contributed by atoms with Crippen LogP contribution in [0.4, 0.5) is 4.39 Å². The lowest BCUT2D eigenvalue weighted by Crippen LogP contribution is -2.13. The summed E-state index contributed by atoms with van der Waals surface area (Å²) in [6.07, 6.45) is 0.958. The molecule has 0 aliphatic carbocycles. The fraction of sp³-hybridized carbons (Fsp3) is 0.250. The molecular formula is C16H18FNS. The van der Waals surface area contributed by atoms with Gasteiger partial charge in [-0.05, 0) is 54.5 Å². The molecule has 0 bridgehead atoms. The Kier molecular flexibility index (Phi) is 5.43. The van der Waals surface area contributed by atoms with Gasteiger partial charge in [0.25, 0.3) is 0 Å². The minimum absolute atomic E-state index is 0.188. The molecule has 0 heterocycles. The van der Waals surface area contributed by atoms with Crippen molar-refractivity contribution in [2.75, 3.05) is 12.3 Å². The molecule has 0 radical (unpaired) electrons. The quantitative estimate of drug-likeness (QED) is 0.805. The standard InChI is InChI=1S/C16H18FNS/c17-15-6-4-5-13(11-15)14(12-18)9-10-19-16-7-2-1-3-8-16/h1-8,11,14H,9-10,12,18H2. The van der Waals surface area contributed by atoms with Crippen LogP contribution in [-0.4, -0.2) is 12.3 Å². The maximum Gasteiger partial charge on any atom is 0.123 e. The molecule has 0 amide bonds. The summed E-state index contributed by atoms with van der Waals surface area (Å²) in [5.41, 5.74) is 6.80. The van der Waals surface area contributed by atoms with Gasteiger partial charge in [0.1, 0.15) is 5.82 Å². The first-order chi connectivity index (χ1) is 9.29. The first kappa shape index (κ1) is 14.1. The fourth-order valence-corrected chi connectivity index (χ4v) is 3.00. The number of benzene rings is 2. The molecule has 1 atom stereocenters. The summed E-state index contributed by atoms with van der Waals surface area (Å²) in [5.74, 6) is 1.03. The average Bonchev–Trinajstić information content (AvgIpc) is 2.45. The van der Waals surface area contributed by atoms with Crippen molar-refractivity contribution in [3.8, 4) is 0 Å². The van der Waals surface area contributed by atoms with Gasteiger partial charge in [-0.25, -0.2) is 4.39 Å². The Balaban J connectivity index is 1.89. The molecular weight excluding hydrogens is 257 g/mol. The van der Waals surface area contributed by atoms with Crippen LogP contribution in [0, 0.1) is 5.82 Å². The van der Waals surface area contributed by atoms with E-state index in [9.17, 15) is 4.39 Å². The van der Waals surface area contributed by atoms with Crippen molar-refractivity contribution in [1.29, 1.82) is 0 Å². The summed E-state index contributed by atoms with van der Waals surface area (Å²) in [6, 6.07) is 17.0. The second kappa shape index (κ2) is 7.31. The summed E-state index contributed by atoms with van der Waals surface area (Å²) in [6.45, 7) is 0.554. The Morgan fingerprint density at radius 1 is 1.05 bits per heavy atom. The van der Waals surface area contributed by atoms with Crippen molar-refractivity contribution in [2.45, 2.75) is 17.2 Å². The predicted molar refractivity (Wildman–Crippen MR) is 80.0 cm³/mol. The molecule has 0 aliphatic heterocycles. The highest BCUT2D eigenvalue weighted by Crippen LogP contribution is 2.25. The van der Waals surface area contributed by atoms with E-state index in [1.54, 1.807) is 12.1 Å². The molecule has 1 unspecified atom stereocenters. The van der Waals surface area contributed by atoms with E-state index in [1.165, 1.54) is 11.0 Å². The molecule has 0 spiro atoms. The average molecular weight is 275 g/mol. The van der Waals surface area contributed by atoms with E-state index < -0.39 is 0 Å². The van der Waals surface area contributed by atoms with Gasteiger partial charge >= 0.3 is 0 Å². The first-order valence-corrected chi connectivity index (χ1v) is 7.41. The SMILES string of the molecule is NCC(CCSc1ccccc1)c1cccc(F)c1. The second-order valence-electron chi connectivity index (χ2n) is 4.44. The van der Waals surface area contributed by atoms with Crippen LogP contribution in [-0.2, 0) is 0 Å². The normalized spacial score (nSPS) is 12.3. The van der Waals surface area contributed by atoms with Crippen LogP contribution < -0.4 is 5.73 Å². The van der Waals surface area contributed by atoms with E-state index in [-0.39, 0.29) is 11.7 Å². The Bertz CT molecular complexity index is 501. The van der Waals surface area contributed by atoms with Gasteiger partial charge in [0, 0.05) is 4.90 Å². The van der Waals surface area contributed by atoms with Gasteiger partial charge < -0.3 is 5.73 Å². The van der Waals surface area contributed by atoms with Crippen LogP contribution in [0.5, 0.6) is 0 Å². The second-order valence-corrected chi connectivity index (χ2v) is 5.61. The molecule has 0 fully saturated rings. The van der Waals surface area contributed by atoms with Crippen LogP contribution in [0.3, 0.4) is 0 Å². The summed E-state index contributed by atoms with van der Waals surface area (Å²) in [5, 5.41) is 0. The van der Waals surface area contributed by atoms with Crippen molar-refractivity contribution in [3.05, 3.63) is 66.0 Å². The lowest BCUT2D eigenvalue weighted by Gasteiger charge is -2.15. The summed E-state index contributed by atoms with van der Waals surface area (Å²) < 4.78 is 13.2. The molecule has 1 nitrogen and oxygen atoms in total. The minimum Gasteiger partial charge on any atom is -0.330 e. The molecule has 3 heteroatoms. The molecule has 2 aromatic rings. The van der Waals surface area contributed by atoms with Crippen molar-refractivity contribution in [2.24, 2.45) is 5.73 Å². The smallest absolute Gasteiger partial charge is 0.123 e. The molecule has 0 saturated carbocycles. The van der Waals surface area contributed by atoms with E-state index >= 15 is 0 Å². The third-order valence-electron chi connectivity index (χ3n) is 3.08. The van der Waals surface area contributed by atoms with Gasteiger partial charge in [0.2, 0.25) is 0 Å². The highest BCUT2D eigenvalue weighted by Gasteiger charge is 2.10. The van der Waals surface area contributed by atoms with E-state index in [0.717, 1.165) is 17.7 Å². The van der Waals surface area contributed by atoms with Crippen molar-refractivity contribution < 1.29 is 4.39 Å². The number of hydrogen-bond donors (Lipinski definition) is 1. The maximum absolute atomic E-state index is 13.2. The summed E-state index contributed by atoms with van der Waals surface area (Å²) in [4.78, 5) is 1.26. The monoisotopic (exact) mass is 275 g/mol.